The Hall–Kier alpha value is -4.45. The Labute approximate surface area is 455 Å². The number of unbranched alkanes of at least 4 members (excludes halogenated alkanes) is 20. The molecule has 74 heavy (non-hydrogen) atoms. The van der Waals surface area contributed by atoms with E-state index in [0.717, 1.165) is 128 Å². The van der Waals surface area contributed by atoms with E-state index >= 15 is 0 Å². The Morgan fingerprint density at radius 3 is 0.919 bits per heavy atom. The molecule has 0 aromatic heterocycles. The smallest absolute Gasteiger partial charge is 0.306 e. The van der Waals surface area contributed by atoms with Crippen molar-refractivity contribution in [1.82, 2.24) is 0 Å². The molecule has 1 unspecified atom stereocenters. The molecule has 0 radical (unpaired) electrons. The highest BCUT2D eigenvalue weighted by molar-refractivity contribution is 5.71. The molecule has 0 aromatic carbocycles. The van der Waals surface area contributed by atoms with Gasteiger partial charge in [-0.25, -0.2) is 0 Å². The maximum atomic E-state index is 12.9. The molecule has 0 spiro atoms. The predicted octanol–water partition coefficient (Wildman–Crippen LogP) is 20.6. The van der Waals surface area contributed by atoms with Gasteiger partial charge in [-0.1, -0.05) is 238 Å². The molecule has 0 aliphatic rings. The van der Waals surface area contributed by atoms with Gasteiger partial charge in [0.1, 0.15) is 13.2 Å². The fraction of sp³-hybridized carbons (Fsp3) is 0.632. The standard InChI is InChI=1S/C68H110O6/c1-4-7-10-13-16-19-22-25-27-29-31-33-34-36-37-39-41-43-46-49-52-55-58-61-67(70)73-64-65(63-72-66(69)60-57-54-51-48-45-24-21-18-15-12-9-6-3)74-68(71)62-59-56-53-50-47-44-42-40-38-35-32-30-28-26-23-20-17-14-11-8-5-2/h7,10,16,18-19,21,23,25-27,30-33,36-38,40-41,43,49,52,65H,4-6,8-9,11-15,17,20,22,24,28-29,34-35,39,42,44-48,50-51,53-64H2,1-3H3/b10-7-,19-16-,21-18-,26-23-,27-25-,32-30-,33-31-,37-36-,40-38-,43-41-,52-49-. The average molecular weight is 1020 g/mol. The van der Waals surface area contributed by atoms with Gasteiger partial charge in [0.2, 0.25) is 0 Å². The fourth-order valence-corrected chi connectivity index (χ4v) is 7.84. The zero-order chi connectivity index (χ0) is 53.6. The molecule has 0 saturated heterocycles. The number of esters is 3. The quantitative estimate of drug-likeness (QED) is 0.0261. The lowest BCUT2D eigenvalue weighted by atomic mass is 10.1. The number of hydrogen-bond acceptors (Lipinski definition) is 6. The van der Waals surface area contributed by atoms with E-state index in [0.29, 0.717) is 19.3 Å². The first-order valence-corrected chi connectivity index (χ1v) is 30.2. The molecule has 418 valence electrons. The third-order valence-corrected chi connectivity index (χ3v) is 12.4. The molecule has 6 nitrogen and oxygen atoms in total. The molecule has 0 saturated carbocycles. The Morgan fingerprint density at radius 1 is 0.284 bits per heavy atom. The van der Waals surface area contributed by atoms with E-state index < -0.39 is 6.10 Å². The maximum absolute atomic E-state index is 12.9. The highest BCUT2D eigenvalue weighted by Gasteiger charge is 2.19. The summed E-state index contributed by atoms with van der Waals surface area (Å²) in [7, 11) is 0. The lowest BCUT2D eigenvalue weighted by molar-refractivity contribution is -0.167. The number of hydrogen-bond donors (Lipinski definition) is 0. The Balaban J connectivity index is 4.50. The predicted molar refractivity (Wildman–Crippen MR) is 320 cm³/mol. The Kier molecular flexibility index (Phi) is 57.4. The van der Waals surface area contributed by atoms with Gasteiger partial charge < -0.3 is 14.2 Å². The first-order chi connectivity index (χ1) is 36.5. The molecular formula is C68H110O6. The van der Waals surface area contributed by atoms with E-state index in [-0.39, 0.29) is 37.5 Å². The summed E-state index contributed by atoms with van der Waals surface area (Å²) in [6, 6.07) is 0. The van der Waals surface area contributed by atoms with Crippen LogP contribution in [0, 0.1) is 0 Å². The van der Waals surface area contributed by atoms with Crippen molar-refractivity contribution in [3.8, 4) is 0 Å². The van der Waals surface area contributed by atoms with Crippen LogP contribution < -0.4 is 0 Å². The van der Waals surface area contributed by atoms with Crippen LogP contribution in [0.25, 0.3) is 0 Å². The van der Waals surface area contributed by atoms with Gasteiger partial charge in [0.25, 0.3) is 0 Å². The molecule has 0 heterocycles. The third kappa shape index (κ3) is 58.4. The van der Waals surface area contributed by atoms with Crippen LogP contribution in [0.1, 0.15) is 258 Å². The van der Waals surface area contributed by atoms with Crippen molar-refractivity contribution in [2.75, 3.05) is 13.2 Å². The van der Waals surface area contributed by atoms with Crippen LogP contribution in [-0.2, 0) is 28.6 Å². The number of rotatable bonds is 53. The highest BCUT2D eigenvalue weighted by atomic mass is 16.6. The van der Waals surface area contributed by atoms with Crippen LogP contribution in [0.2, 0.25) is 0 Å². The molecule has 0 N–H and O–H groups in total. The second kappa shape index (κ2) is 61.1. The van der Waals surface area contributed by atoms with Gasteiger partial charge >= 0.3 is 17.9 Å². The molecule has 0 aliphatic heterocycles. The summed E-state index contributed by atoms with van der Waals surface area (Å²) < 4.78 is 16.8. The summed E-state index contributed by atoms with van der Waals surface area (Å²) in [6.07, 6.45) is 85.9. The van der Waals surface area contributed by atoms with Crippen LogP contribution in [-0.4, -0.2) is 37.2 Å². The van der Waals surface area contributed by atoms with Crippen LogP contribution in [0.15, 0.2) is 134 Å². The summed E-state index contributed by atoms with van der Waals surface area (Å²) >= 11 is 0. The SMILES string of the molecule is CC/C=C\C/C=C\C/C=C\C/C=C\C/C=C\C/C=C\C/C=C\CCCC(=O)OCC(COC(=O)CCCCCCC/C=C\CCCCC)OC(=O)CCCCCCCC/C=C\C/C=C\C/C=C\CCCCCCC. The summed E-state index contributed by atoms with van der Waals surface area (Å²) in [4.78, 5) is 38.2. The molecular weight excluding hydrogens is 913 g/mol. The minimum atomic E-state index is -0.818. The van der Waals surface area contributed by atoms with E-state index in [1.165, 1.54) is 83.5 Å². The van der Waals surface area contributed by atoms with Gasteiger partial charge in [0.15, 0.2) is 6.10 Å². The minimum absolute atomic E-state index is 0.110. The second-order valence-electron chi connectivity index (χ2n) is 19.5. The van der Waals surface area contributed by atoms with Crippen LogP contribution in [0.5, 0.6) is 0 Å². The van der Waals surface area contributed by atoms with Crippen molar-refractivity contribution >= 4 is 17.9 Å². The monoisotopic (exact) mass is 1020 g/mol. The zero-order valence-corrected chi connectivity index (χ0v) is 47.8. The maximum Gasteiger partial charge on any atom is 0.306 e. The number of allylic oxidation sites excluding steroid dienone is 22. The summed E-state index contributed by atoms with van der Waals surface area (Å²) in [5.74, 6) is -0.996. The molecule has 0 aromatic rings. The van der Waals surface area contributed by atoms with E-state index in [4.69, 9.17) is 14.2 Å². The van der Waals surface area contributed by atoms with Crippen molar-refractivity contribution in [3.63, 3.8) is 0 Å². The summed E-state index contributed by atoms with van der Waals surface area (Å²) in [5.41, 5.74) is 0. The van der Waals surface area contributed by atoms with Crippen LogP contribution in [0.3, 0.4) is 0 Å². The molecule has 0 fully saturated rings. The molecule has 6 heteroatoms. The van der Waals surface area contributed by atoms with E-state index in [2.05, 4.69) is 154 Å². The Bertz CT molecular complexity index is 1600. The molecule has 0 bridgehead atoms. The highest BCUT2D eigenvalue weighted by Crippen LogP contribution is 2.13. The average Bonchev–Trinajstić information content (AvgIpc) is 3.40. The van der Waals surface area contributed by atoms with E-state index in [1.807, 2.05) is 0 Å². The van der Waals surface area contributed by atoms with E-state index in [1.54, 1.807) is 0 Å². The molecule has 0 aliphatic carbocycles. The molecule has 0 rings (SSSR count). The van der Waals surface area contributed by atoms with Gasteiger partial charge in [-0.05, 0) is 135 Å². The van der Waals surface area contributed by atoms with Gasteiger partial charge in [0.05, 0.1) is 0 Å². The summed E-state index contributed by atoms with van der Waals surface area (Å²) in [6.45, 7) is 6.42. The van der Waals surface area contributed by atoms with E-state index in [9.17, 15) is 14.4 Å². The lowest BCUT2D eigenvalue weighted by Crippen LogP contribution is -2.30. The van der Waals surface area contributed by atoms with Crippen molar-refractivity contribution < 1.29 is 28.6 Å². The van der Waals surface area contributed by atoms with Gasteiger partial charge in [-0.3, -0.25) is 14.4 Å². The van der Waals surface area contributed by atoms with Crippen LogP contribution in [0.4, 0.5) is 0 Å². The first-order valence-electron chi connectivity index (χ1n) is 30.2. The van der Waals surface area contributed by atoms with Gasteiger partial charge in [-0.2, -0.15) is 0 Å². The van der Waals surface area contributed by atoms with Crippen molar-refractivity contribution in [2.45, 2.75) is 264 Å². The van der Waals surface area contributed by atoms with Crippen molar-refractivity contribution in [1.29, 1.82) is 0 Å². The number of ether oxygens (including phenoxy) is 3. The Morgan fingerprint density at radius 2 is 0.541 bits per heavy atom. The largest absolute Gasteiger partial charge is 0.462 e. The zero-order valence-electron chi connectivity index (χ0n) is 47.8. The van der Waals surface area contributed by atoms with Crippen LogP contribution >= 0.6 is 0 Å². The van der Waals surface area contributed by atoms with Crippen molar-refractivity contribution in [2.24, 2.45) is 0 Å². The molecule has 1 atom stereocenters. The fourth-order valence-electron chi connectivity index (χ4n) is 7.84. The summed E-state index contributed by atoms with van der Waals surface area (Å²) in [5, 5.41) is 0. The molecule has 0 amide bonds. The van der Waals surface area contributed by atoms with Gasteiger partial charge in [-0.15, -0.1) is 0 Å². The lowest BCUT2D eigenvalue weighted by Gasteiger charge is -2.18. The minimum Gasteiger partial charge on any atom is -0.462 e. The normalized spacial score (nSPS) is 13.1. The van der Waals surface area contributed by atoms with Gasteiger partial charge in [0, 0.05) is 19.3 Å². The third-order valence-electron chi connectivity index (χ3n) is 12.4. The topological polar surface area (TPSA) is 78.9 Å². The number of carbonyl (C=O) groups excluding carboxylic acids is 3. The van der Waals surface area contributed by atoms with Crippen molar-refractivity contribution in [3.05, 3.63) is 134 Å². The second-order valence-corrected chi connectivity index (χ2v) is 19.5. The first kappa shape index (κ1) is 69.5. The number of carbonyl (C=O) groups is 3.